The molecule has 0 aromatic heterocycles. The Morgan fingerprint density at radius 1 is 0.824 bits per heavy atom. The maximum atomic E-state index is 9.74. The normalized spacial score (nSPS) is 35.3. The van der Waals surface area contributed by atoms with Gasteiger partial charge in [-0.1, -0.05) is 41.5 Å². The summed E-state index contributed by atoms with van der Waals surface area (Å²) in [6, 6.07) is 0. The molecule has 0 radical (unpaired) electrons. The monoisotopic (exact) mass is 244 g/mol. The molecule has 17 heavy (non-hydrogen) atoms. The van der Waals surface area contributed by atoms with Crippen LogP contribution in [0.3, 0.4) is 0 Å². The van der Waals surface area contributed by atoms with Crippen LogP contribution in [0.4, 0.5) is 0 Å². The Balaban J connectivity index is 3.08. The van der Waals surface area contributed by atoms with Crippen molar-refractivity contribution in [3.63, 3.8) is 0 Å². The van der Waals surface area contributed by atoms with E-state index in [0.29, 0.717) is 0 Å². The fourth-order valence-electron chi connectivity index (χ4n) is 2.63. The van der Waals surface area contributed by atoms with E-state index in [2.05, 4.69) is 41.5 Å². The quantitative estimate of drug-likeness (QED) is 0.784. The molecule has 3 heteroatoms. The summed E-state index contributed by atoms with van der Waals surface area (Å²) >= 11 is 0. The van der Waals surface area contributed by atoms with Gasteiger partial charge in [-0.15, -0.1) is 0 Å². The summed E-state index contributed by atoms with van der Waals surface area (Å²) in [5.41, 5.74) is -1.35. The average molecular weight is 244 g/mol. The molecular formula is C14H28O3. The predicted molar refractivity (Wildman–Crippen MR) is 68.9 cm³/mol. The van der Waals surface area contributed by atoms with Gasteiger partial charge in [-0.05, 0) is 23.7 Å². The molecule has 0 spiro atoms. The highest BCUT2D eigenvalue weighted by molar-refractivity contribution is 5.06. The second-order valence-corrected chi connectivity index (χ2v) is 7.41. The fourth-order valence-corrected chi connectivity index (χ4v) is 2.63. The van der Waals surface area contributed by atoms with Crippen LogP contribution in [0.2, 0.25) is 0 Å². The van der Waals surface area contributed by atoms with Crippen LogP contribution in [0.25, 0.3) is 0 Å². The van der Waals surface area contributed by atoms with Crippen molar-refractivity contribution in [1.29, 1.82) is 0 Å². The van der Waals surface area contributed by atoms with Crippen LogP contribution < -0.4 is 0 Å². The van der Waals surface area contributed by atoms with Crippen molar-refractivity contribution in [1.82, 2.24) is 0 Å². The first-order chi connectivity index (χ1) is 7.54. The van der Waals surface area contributed by atoms with Gasteiger partial charge >= 0.3 is 0 Å². The minimum absolute atomic E-state index is 0.00826. The Bertz CT molecular complexity index is 246. The molecule has 0 aliphatic carbocycles. The van der Waals surface area contributed by atoms with Gasteiger partial charge in [-0.3, -0.25) is 0 Å². The standard InChI is InChI=1S/C14H28O3/c1-11(2,3)13(9-15)7-8-14(10-16,17-13)12(4,5)6/h15-16H,7-10H2,1-6H3/t13-,14+. The predicted octanol–water partition coefficient (Wildman–Crippen LogP) is 2.35. The molecule has 1 heterocycles. The van der Waals surface area contributed by atoms with Gasteiger partial charge in [0.05, 0.1) is 24.4 Å². The largest absolute Gasteiger partial charge is 0.393 e. The lowest BCUT2D eigenvalue weighted by Gasteiger charge is -2.46. The molecule has 0 saturated carbocycles. The van der Waals surface area contributed by atoms with Gasteiger partial charge in [0.2, 0.25) is 0 Å². The summed E-state index contributed by atoms with van der Waals surface area (Å²) in [5.74, 6) is 0. The zero-order chi connectivity index (χ0) is 13.5. The van der Waals surface area contributed by atoms with Crippen LogP contribution in [0.5, 0.6) is 0 Å². The Kier molecular flexibility index (Phi) is 3.70. The van der Waals surface area contributed by atoms with Crippen molar-refractivity contribution < 1.29 is 14.9 Å². The first kappa shape index (κ1) is 14.9. The number of aliphatic hydroxyl groups is 2. The first-order valence-corrected chi connectivity index (χ1v) is 6.45. The van der Waals surface area contributed by atoms with E-state index in [9.17, 15) is 10.2 Å². The number of ether oxygens (including phenoxy) is 1. The third-order valence-electron chi connectivity index (χ3n) is 4.57. The minimum Gasteiger partial charge on any atom is -0.393 e. The summed E-state index contributed by atoms with van der Waals surface area (Å²) in [7, 11) is 0. The first-order valence-electron chi connectivity index (χ1n) is 6.45. The number of hydrogen-bond donors (Lipinski definition) is 2. The third-order valence-corrected chi connectivity index (χ3v) is 4.57. The van der Waals surface area contributed by atoms with E-state index in [1.165, 1.54) is 0 Å². The van der Waals surface area contributed by atoms with Crippen molar-refractivity contribution in [2.45, 2.75) is 65.6 Å². The highest BCUT2D eigenvalue weighted by atomic mass is 16.6. The smallest absolute Gasteiger partial charge is 0.0969 e. The molecule has 1 saturated heterocycles. The Morgan fingerprint density at radius 2 is 1.12 bits per heavy atom. The van der Waals surface area contributed by atoms with Gasteiger partial charge in [0.1, 0.15) is 0 Å². The van der Waals surface area contributed by atoms with Gasteiger partial charge in [-0.25, -0.2) is 0 Å². The van der Waals surface area contributed by atoms with Crippen molar-refractivity contribution in [2.75, 3.05) is 13.2 Å². The second kappa shape index (κ2) is 4.22. The van der Waals surface area contributed by atoms with Crippen molar-refractivity contribution in [3.05, 3.63) is 0 Å². The molecular weight excluding hydrogens is 216 g/mol. The van der Waals surface area contributed by atoms with Gasteiger partial charge in [0.15, 0.2) is 0 Å². The van der Waals surface area contributed by atoms with E-state index in [-0.39, 0.29) is 24.0 Å². The minimum atomic E-state index is -0.539. The Morgan fingerprint density at radius 3 is 1.24 bits per heavy atom. The van der Waals surface area contributed by atoms with E-state index < -0.39 is 11.2 Å². The maximum Gasteiger partial charge on any atom is 0.0969 e. The number of rotatable bonds is 2. The lowest BCUT2D eigenvalue weighted by Crippen LogP contribution is -2.53. The summed E-state index contributed by atoms with van der Waals surface area (Å²) in [6.45, 7) is 12.5. The summed E-state index contributed by atoms with van der Waals surface area (Å²) in [4.78, 5) is 0. The summed E-state index contributed by atoms with van der Waals surface area (Å²) in [5, 5.41) is 19.5. The molecule has 2 atom stereocenters. The Labute approximate surface area is 105 Å². The van der Waals surface area contributed by atoms with E-state index in [1.807, 2.05) is 0 Å². The van der Waals surface area contributed by atoms with E-state index >= 15 is 0 Å². The lowest BCUT2D eigenvalue weighted by atomic mass is 9.73. The zero-order valence-corrected chi connectivity index (χ0v) is 12.1. The molecule has 1 rings (SSSR count). The summed E-state index contributed by atoms with van der Waals surface area (Å²) < 4.78 is 6.26. The number of aliphatic hydroxyl groups excluding tert-OH is 2. The van der Waals surface area contributed by atoms with Crippen LogP contribution in [0, 0.1) is 10.8 Å². The number of hydrogen-bond acceptors (Lipinski definition) is 3. The van der Waals surface area contributed by atoms with E-state index in [0.717, 1.165) is 12.8 Å². The van der Waals surface area contributed by atoms with Gasteiger partial charge in [0, 0.05) is 0 Å². The summed E-state index contributed by atoms with van der Waals surface area (Å²) in [6.07, 6.45) is 1.59. The van der Waals surface area contributed by atoms with Crippen LogP contribution in [0.1, 0.15) is 54.4 Å². The molecule has 2 N–H and O–H groups in total. The molecule has 3 nitrogen and oxygen atoms in total. The second-order valence-electron chi connectivity index (χ2n) is 7.41. The van der Waals surface area contributed by atoms with Crippen molar-refractivity contribution >= 4 is 0 Å². The van der Waals surface area contributed by atoms with Gasteiger partial charge in [0.25, 0.3) is 0 Å². The van der Waals surface area contributed by atoms with Gasteiger partial charge < -0.3 is 14.9 Å². The van der Waals surface area contributed by atoms with Crippen molar-refractivity contribution in [2.24, 2.45) is 10.8 Å². The van der Waals surface area contributed by atoms with Crippen LogP contribution in [-0.4, -0.2) is 34.6 Å². The molecule has 0 aromatic carbocycles. The topological polar surface area (TPSA) is 49.7 Å². The molecule has 102 valence electrons. The molecule has 1 fully saturated rings. The van der Waals surface area contributed by atoms with Crippen LogP contribution in [0.15, 0.2) is 0 Å². The van der Waals surface area contributed by atoms with Crippen LogP contribution >= 0.6 is 0 Å². The van der Waals surface area contributed by atoms with E-state index in [1.54, 1.807) is 0 Å². The average Bonchev–Trinajstić information content (AvgIpc) is 2.57. The highest BCUT2D eigenvalue weighted by Gasteiger charge is 2.58. The molecule has 0 amide bonds. The molecule has 0 unspecified atom stereocenters. The van der Waals surface area contributed by atoms with E-state index in [4.69, 9.17) is 4.74 Å². The molecule has 1 aliphatic rings. The van der Waals surface area contributed by atoms with Crippen molar-refractivity contribution in [3.8, 4) is 0 Å². The maximum absolute atomic E-state index is 9.74. The molecule has 0 bridgehead atoms. The lowest BCUT2D eigenvalue weighted by molar-refractivity contribution is -0.216. The Hall–Kier alpha value is -0.120. The highest BCUT2D eigenvalue weighted by Crippen LogP contribution is 2.53. The fraction of sp³-hybridized carbons (Fsp3) is 1.00. The third kappa shape index (κ3) is 2.25. The van der Waals surface area contributed by atoms with Gasteiger partial charge in [-0.2, -0.15) is 0 Å². The molecule has 1 aliphatic heterocycles. The van der Waals surface area contributed by atoms with Crippen LogP contribution in [-0.2, 0) is 4.74 Å². The zero-order valence-electron chi connectivity index (χ0n) is 12.1. The molecule has 0 aromatic rings. The SMILES string of the molecule is CC(C)(C)[C@@]1(CO)CC[C@@](CO)(C(C)(C)C)O1.